The fraction of sp³-hybridized carbons (Fsp3) is 0.375. The quantitative estimate of drug-likeness (QED) is 0.684. The standard InChI is InChI=1S/C16H19Cl2NS/c1-2-6-19-16(4-3-12-5-7-20-11-12)13-8-14(17)10-15(18)9-13/h5,7-11,16,19H,2-4,6H2,1H3. The van der Waals surface area contributed by atoms with E-state index in [0.717, 1.165) is 25.8 Å². The van der Waals surface area contributed by atoms with Gasteiger partial charge in [0, 0.05) is 16.1 Å². The predicted octanol–water partition coefficient (Wildman–Crippen LogP) is 5.73. The molecule has 0 saturated heterocycles. The van der Waals surface area contributed by atoms with Gasteiger partial charge >= 0.3 is 0 Å². The van der Waals surface area contributed by atoms with E-state index in [-0.39, 0.29) is 0 Å². The maximum Gasteiger partial charge on any atom is 0.0424 e. The summed E-state index contributed by atoms with van der Waals surface area (Å²) in [5.41, 5.74) is 2.57. The molecule has 1 aromatic carbocycles. The van der Waals surface area contributed by atoms with Gasteiger partial charge in [-0.2, -0.15) is 11.3 Å². The molecule has 1 atom stereocenters. The van der Waals surface area contributed by atoms with E-state index in [4.69, 9.17) is 23.2 Å². The topological polar surface area (TPSA) is 12.0 Å². The van der Waals surface area contributed by atoms with Gasteiger partial charge in [-0.15, -0.1) is 0 Å². The Balaban J connectivity index is 2.09. The van der Waals surface area contributed by atoms with Gasteiger partial charge in [-0.25, -0.2) is 0 Å². The zero-order valence-electron chi connectivity index (χ0n) is 11.5. The molecule has 0 bridgehead atoms. The lowest BCUT2D eigenvalue weighted by molar-refractivity contribution is 0.499. The Morgan fingerprint density at radius 1 is 1.20 bits per heavy atom. The lowest BCUT2D eigenvalue weighted by atomic mass is 10.00. The molecular weight excluding hydrogens is 309 g/mol. The van der Waals surface area contributed by atoms with E-state index in [1.165, 1.54) is 11.1 Å². The zero-order chi connectivity index (χ0) is 14.4. The lowest BCUT2D eigenvalue weighted by Crippen LogP contribution is -2.22. The lowest BCUT2D eigenvalue weighted by Gasteiger charge is -2.19. The fourth-order valence-corrected chi connectivity index (χ4v) is 3.47. The van der Waals surface area contributed by atoms with Gasteiger partial charge in [-0.3, -0.25) is 0 Å². The second-order valence-corrected chi connectivity index (χ2v) is 6.53. The van der Waals surface area contributed by atoms with Crippen molar-refractivity contribution >= 4 is 34.5 Å². The first-order valence-corrected chi connectivity index (χ1v) is 8.59. The third-order valence-corrected chi connectivity index (χ3v) is 4.40. The molecule has 0 fully saturated rings. The highest BCUT2D eigenvalue weighted by molar-refractivity contribution is 7.07. The number of rotatable bonds is 7. The van der Waals surface area contributed by atoms with Crippen molar-refractivity contribution in [2.24, 2.45) is 0 Å². The molecule has 0 radical (unpaired) electrons. The first-order valence-electron chi connectivity index (χ1n) is 6.89. The average Bonchev–Trinajstić information content (AvgIpc) is 2.91. The van der Waals surface area contributed by atoms with Crippen LogP contribution in [0.5, 0.6) is 0 Å². The summed E-state index contributed by atoms with van der Waals surface area (Å²) < 4.78 is 0. The number of halogens is 2. The van der Waals surface area contributed by atoms with Crippen molar-refractivity contribution in [2.75, 3.05) is 6.54 Å². The maximum absolute atomic E-state index is 6.12. The van der Waals surface area contributed by atoms with Crippen LogP contribution < -0.4 is 5.32 Å². The van der Waals surface area contributed by atoms with E-state index >= 15 is 0 Å². The second-order valence-electron chi connectivity index (χ2n) is 4.88. The summed E-state index contributed by atoms with van der Waals surface area (Å²) >= 11 is 14.0. The SMILES string of the molecule is CCCNC(CCc1ccsc1)c1cc(Cl)cc(Cl)c1. The van der Waals surface area contributed by atoms with E-state index in [1.54, 1.807) is 17.4 Å². The number of benzene rings is 1. The molecule has 0 aliphatic heterocycles. The molecule has 0 spiro atoms. The van der Waals surface area contributed by atoms with Crippen molar-refractivity contribution in [3.05, 3.63) is 56.2 Å². The van der Waals surface area contributed by atoms with Gasteiger partial charge in [0.25, 0.3) is 0 Å². The van der Waals surface area contributed by atoms with Gasteiger partial charge in [0.1, 0.15) is 0 Å². The van der Waals surface area contributed by atoms with Crippen LogP contribution in [0.4, 0.5) is 0 Å². The number of hydrogen-bond acceptors (Lipinski definition) is 2. The normalized spacial score (nSPS) is 12.6. The third kappa shape index (κ3) is 4.78. The summed E-state index contributed by atoms with van der Waals surface area (Å²) in [6.45, 7) is 3.17. The molecule has 2 aromatic rings. The fourth-order valence-electron chi connectivity index (χ4n) is 2.23. The minimum absolute atomic E-state index is 0.297. The predicted molar refractivity (Wildman–Crippen MR) is 90.1 cm³/mol. The highest BCUT2D eigenvalue weighted by atomic mass is 35.5. The van der Waals surface area contributed by atoms with E-state index in [9.17, 15) is 0 Å². The van der Waals surface area contributed by atoms with Crippen LogP contribution in [0.2, 0.25) is 10.0 Å². The van der Waals surface area contributed by atoms with E-state index < -0.39 is 0 Å². The van der Waals surface area contributed by atoms with Crippen molar-refractivity contribution in [1.82, 2.24) is 5.32 Å². The summed E-state index contributed by atoms with van der Waals surface area (Å²) in [6.07, 6.45) is 3.23. The molecule has 20 heavy (non-hydrogen) atoms. The first-order chi connectivity index (χ1) is 9.69. The molecule has 1 aromatic heterocycles. The number of aryl methyl sites for hydroxylation is 1. The van der Waals surface area contributed by atoms with Crippen molar-refractivity contribution in [1.29, 1.82) is 0 Å². The number of hydrogen-bond donors (Lipinski definition) is 1. The van der Waals surface area contributed by atoms with Crippen LogP contribution in [0.1, 0.15) is 36.9 Å². The molecule has 2 rings (SSSR count). The van der Waals surface area contributed by atoms with E-state index in [0.29, 0.717) is 16.1 Å². The van der Waals surface area contributed by atoms with Crippen LogP contribution in [0.3, 0.4) is 0 Å². The molecule has 0 amide bonds. The van der Waals surface area contributed by atoms with Gasteiger partial charge in [0.15, 0.2) is 0 Å². The van der Waals surface area contributed by atoms with Gasteiger partial charge in [-0.05, 0) is 72.0 Å². The van der Waals surface area contributed by atoms with Gasteiger partial charge in [0.2, 0.25) is 0 Å². The summed E-state index contributed by atoms with van der Waals surface area (Å²) in [4.78, 5) is 0. The largest absolute Gasteiger partial charge is 0.310 e. The van der Waals surface area contributed by atoms with Crippen molar-refractivity contribution in [3.8, 4) is 0 Å². The van der Waals surface area contributed by atoms with Crippen LogP contribution in [0.15, 0.2) is 35.0 Å². The smallest absolute Gasteiger partial charge is 0.0424 e. The summed E-state index contributed by atoms with van der Waals surface area (Å²) in [7, 11) is 0. The second kappa shape index (κ2) is 8.04. The van der Waals surface area contributed by atoms with Crippen molar-refractivity contribution in [3.63, 3.8) is 0 Å². The van der Waals surface area contributed by atoms with Gasteiger partial charge in [-0.1, -0.05) is 30.1 Å². The van der Waals surface area contributed by atoms with E-state index in [1.807, 2.05) is 12.1 Å². The Morgan fingerprint density at radius 2 is 1.95 bits per heavy atom. The highest BCUT2D eigenvalue weighted by Crippen LogP contribution is 2.26. The minimum atomic E-state index is 0.297. The van der Waals surface area contributed by atoms with Crippen LogP contribution in [0, 0.1) is 0 Å². The summed E-state index contributed by atoms with van der Waals surface area (Å²) in [5.74, 6) is 0. The van der Waals surface area contributed by atoms with Crippen molar-refractivity contribution < 1.29 is 0 Å². The van der Waals surface area contributed by atoms with Crippen molar-refractivity contribution in [2.45, 2.75) is 32.2 Å². The Hall–Kier alpha value is -0.540. The minimum Gasteiger partial charge on any atom is -0.310 e. The summed E-state index contributed by atoms with van der Waals surface area (Å²) in [5, 5.41) is 9.32. The molecule has 4 heteroatoms. The number of nitrogens with one attached hydrogen (secondary N) is 1. The zero-order valence-corrected chi connectivity index (χ0v) is 13.9. The molecular formula is C16H19Cl2NS. The molecule has 0 aliphatic rings. The van der Waals surface area contributed by atoms with Crippen LogP contribution in [-0.4, -0.2) is 6.54 Å². The molecule has 1 nitrogen and oxygen atoms in total. The maximum atomic E-state index is 6.12. The van der Waals surface area contributed by atoms with E-state index in [2.05, 4.69) is 29.1 Å². The summed E-state index contributed by atoms with van der Waals surface area (Å²) in [6, 6.07) is 8.28. The average molecular weight is 328 g/mol. The first kappa shape index (κ1) is 15.8. The molecule has 1 heterocycles. The van der Waals surface area contributed by atoms with Gasteiger partial charge in [0.05, 0.1) is 0 Å². The molecule has 1 N–H and O–H groups in total. The Labute approximate surface area is 134 Å². The third-order valence-electron chi connectivity index (χ3n) is 3.23. The van der Waals surface area contributed by atoms with Crippen LogP contribution in [0.25, 0.3) is 0 Å². The van der Waals surface area contributed by atoms with Crippen LogP contribution >= 0.6 is 34.5 Å². The molecule has 0 saturated carbocycles. The monoisotopic (exact) mass is 327 g/mol. The molecule has 0 aliphatic carbocycles. The van der Waals surface area contributed by atoms with Crippen LogP contribution in [-0.2, 0) is 6.42 Å². The number of thiophene rings is 1. The Bertz CT molecular complexity index is 505. The molecule has 108 valence electrons. The van der Waals surface area contributed by atoms with Gasteiger partial charge < -0.3 is 5.32 Å². The Kier molecular flexibility index (Phi) is 6.37. The highest BCUT2D eigenvalue weighted by Gasteiger charge is 2.12. The molecule has 1 unspecified atom stereocenters. The Morgan fingerprint density at radius 3 is 2.55 bits per heavy atom.